The molecule has 0 aliphatic heterocycles. The van der Waals surface area contributed by atoms with E-state index in [1.807, 2.05) is 6.07 Å². The lowest BCUT2D eigenvalue weighted by molar-refractivity contribution is 0.0924. The number of carbonyl (C=O) groups is 1. The van der Waals surface area contributed by atoms with Gasteiger partial charge >= 0.3 is 0 Å². The van der Waals surface area contributed by atoms with Crippen LogP contribution in [0.15, 0.2) is 28.8 Å². The molecule has 0 radical (unpaired) electrons. The van der Waals surface area contributed by atoms with Crippen molar-refractivity contribution in [1.82, 2.24) is 15.5 Å². The van der Waals surface area contributed by atoms with E-state index in [-0.39, 0.29) is 23.7 Å². The van der Waals surface area contributed by atoms with Crippen LogP contribution in [0.4, 0.5) is 0 Å². The minimum atomic E-state index is -0.300. The zero-order chi connectivity index (χ0) is 14.7. The molecule has 1 aromatic heterocycles. The normalized spacial score (nSPS) is 14.8. The zero-order valence-electron chi connectivity index (χ0n) is 11.4. The highest BCUT2D eigenvalue weighted by atomic mass is 16.5. The summed E-state index contributed by atoms with van der Waals surface area (Å²) in [4.78, 5) is 16.1. The van der Waals surface area contributed by atoms with E-state index in [4.69, 9.17) is 9.78 Å². The molecule has 0 spiro atoms. The Kier molecular flexibility index (Phi) is 3.65. The number of rotatable bonds is 3. The maximum Gasteiger partial charge on any atom is 0.292 e. The number of amides is 1. The van der Waals surface area contributed by atoms with E-state index >= 15 is 0 Å². The summed E-state index contributed by atoms with van der Waals surface area (Å²) in [7, 11) is 0. The smallest absolute Gasteiger partial charge is 0.292 e. The molecule has 0 atom stereocenters. The van der Waals surface area contributed by atoms with Gasteiger partial charge in [-0.1, -0.05) is 18.0 Å². The average Bonchev–Trinajstić information content (AvgIpc) is 3.18. The molecule has 1 aliphatic rings. The van der Waals surface area contributed by atoms with Crippen molar-refractivity contribution in [2.75, 3.05) is 0 Å². The summed E-state index contributed by atoms with van der Waals surface area (Å²) < 4.78 is 5.10. The summed E-state index contributed by atoms with van der Waals surface area (Å²) in [6.07, 6.45) is 4.31. The van der Waals surface area contributed by atoms with E-state index in [0.717, 1.165) is 25.7 Å². The second-order valence-electron chi connectivity index (χ2n) is 5.07. The van der Waals surface area contributed by atoms with E-state index in [1.165, 1.54) is 0 Å². The second-order valence-corrected chi connectivity index (χ2v) is 5.07. The van der Waals surface area contributed by atoms with Gasteiger partial charge in [0.25, 0.3) is 17.6 Å². The van der Waals surface area contributed by atoms with Crippen molar-refractivity contribution in [1.29, 1.82) is 5.26 Å². The fourth-order valence-electron chi connectivity index (χ4n) is 2.44. The van der Waals surface area contributed by atoms with Crippen LogP contribution in [-0.2, 0) is 0 Å². The Balaban J connectivity index is 1.72. The highest BCUT2D eigenvalue weighted by Crippen LogP contribution is 2.19. The van der Waals surface area contributed by atoms with Crippen LogP contribution < -0.4 is 5.32 Å². The average molecular weight is 282 g/mol. The molecule has 6 nitrogen and oxygen atoms in total. The lowest BCUT2D eigenvalue weighted by Crippen LogP contribution is -2.33. The van der Waals surface area contributed by atoms with Crippen molar-refractivity contribution < 1.29 is 9.32 Å². The van der Waals surface area contributed by atoms with Crippen LogP contribution in [0.5, 0.6) is 0 Å². The van der Waals surface area contributed by atoms with E-state index in [1.54, 1.807) is 24.3 Å². The lowest BCUT2D eigenvalue weighted by atomic mass is 10.1. The number of nitrogens with one attached hydrogen (secondary N) is 1. The molecule has 0 bridgehead atoms. The molecule has 1 saturated carbocycles. The first-order chi connectivity index (χ1) is 10.3. The molecule has 1 heterocycles. The SMILES string of the molecule is N#Cc1ccc(-c2nc(C(=O)NC3CCCC3)no2)cc1. The summed E-state index contributed by atoms with van der Waals surface area (Å²) in [5.41, 5.74) is 1.24. The molecule has 1 fully saturated rings. The van der Waals surface area contributed by atoms with Gasteiger partial charge in [0.1, 0.15) is 0 Å². The van der Waals surface area contributed by atoms with Crippen molar-refractivity contribution in [3.63, 3.8) is 0 Å². The van der Waals surface area contributed by atoms with Crippen molar-refractivity contribution in [3.8, 4) is 17.5 Å². The summed E-state index contributed by atoms with van der Waals surface area (Å²) in [6.45, 7) is 0. The number of nitrogens with zero attached hydrogens (tertiary/aromatic N) is 3. The van der Waals surface area contributed by atoms with Gasteiger partial charge in [0, 0.05) is 11.6 Å². The number of hydrogen-bond acceptors (Lipinski definition) is 5. The molecule has 1 N–H and O–H groups in total. The summed E-state index contributed by atoms with van der Waals surface area (Å²) >= 11 is 0. The summed E-state index contributed by atoms with van der Waals surface area (Å²) in [5, 5.41) is 15.4. The summed E-state index contributed by atoms with van der Waals surface area (Å²) in [5.74, 6) is 0.0165. The third-order valence-corrected chi connectivity index (χ3v) is 3.58. The van der Waals surface area contributed by atoms with Crippen LogP contribution in [0.3, 0.4) is 0 Å². The third kappa shape index (κ3) is 2.92. The van der Waals surface area contributed by atoms with Crippen LogP contribution in [0.2, 0.25) is 0 Å². The predicted octanol–water partition coefficient (Wildman–Crippen LogP) is 2.28. The minimum absolute atomic E-state index is 0.0428. The molecular weight excluding hydrogens is 268 g/mol. The first-order valence-corrected chi connectivity index (χ1v) is 6.91. The molecule has 21 heavy (non-hydrogen) atoms. The van der Waals surface area contributed by atoms with Gasteiger partial charge in [-0.3, -0.25) is 4.79 Å². The van der Waals surface area contributed by atoms with Crippen LogP contribution in [0, 0.1) is 11.3 Å². The Labute approximate surface area is 121 Å². The number of hydrogen-bond donors (Lipinski definition) is 1. The van der Waals surface area contributed by atoms with Crippen molar-refractivity contribution >= 4 is 5.91 Å². The van der Waals surface area contributed by atoms with E-state index < -0.39 is 0 Å². The Bertz CT molecular complexity index is 678. The zero-order valence-corrected chi connectivity index (χ0v) is 11.4. The Morgan fingerprint density at radius 1 is 1.29 bits per heavy atom. The highest BCUT2D eigenvalue weighted by molar-refractivity contribution is 5.90. The molecule has 1 aromatic carbocycles. The molecular formula is C15H14N4O2. The Morgan fingerprint density at radius 2 is 2.00 bits per heavy atom. The molecule has 0 unspecified atom stereocenters. The highest BCUT2D eigenvalue weighted by Gasteiger charge is 2.21. The molecule has 0 saturated heterocycles. The summed E-state index contributed by atoms with van der Waals surface area (Å²) in [6, 6.07) is 9.01. The molecule has 3 rings (SSSR count). The Hall–Kier alpha value is -2.68. The fourth-order valence-corrected chi connectivity index (χ4v) is 2.44. The van der Waals surface area contributed by atoms with Gasteiger partial charge in [-0.25, -0.2) is 0 Å². The maximum absolute atomic E-state index is 12.0. The van der Waals surface area contributed by atoms with Crippen LogP contribution >= 0.6 is 0 Å². The first kappa shape index (κ1) is 13.3. The van der Waals surface area contributed by atoms with Crippen LogP contribution in [-0.4, -0.2) is 22.1 Å². The minimum Gasteiger partial charge on any atom is -0.346 e. The van der Waals surface area contributed by atoms with Gasteiger partial charge in [-0.15, -0.1) is 0 Å². The number of nitriles is 1. The van der Waals surface area contributed by atoms with Crippen LogP contribution in [0.1, 0.15) is 41.9 Å². The van der Waals surface area contributed by atoms with E-state index in [2.05, 4.69) is 15.5 Å². The van der Waals surface area contributed by atoms with Gasteiger partial charge in [0.2, 0.25) is 0 Å². The van der Waals surface area contributed by atoms with E-state index in [0.29, 0.717) is 11.1 Å². The predicted molar refractivity (Wildman–Crippen MR) is 74.2 cm³/mol. The molecule has 106 valence electrons. The molecule has 6 heteroatoms. The number of carbonyl (C=O) groups excluding carboxylic acids is 1. The molecule has 1 amide bonds. The maximum atomic E-state index is 12.0. The van der Waals surface area contributed by atoms with Crippen molar-refractivity contribution in [3.05, 3.63) is 35.7 Å². The monoisotopic (exact) mass is 282 g/mol. The number of aromatic nitrogens is 2. The fraction of sp³-hybridized carbons (Fsp3) is 0.333. The first-order valence-electron chi connectivity index (χ1n) is 6.91. The standard InChI is InChI=1S/C15H14N4O2/c16-9-10-5-7-11(8-6-10)15-18-13(19-21-15)14(20)17-12-3-1-2-4-12/h5-8,12H,1-4H2,(H,17,20). The Morgan fingerprint density at radius 3 is 2.67 bits per heavy atom. The van der Waals surface area contributed by atoms with Gasteiger partial charge in [-0.05, 0) is 37.1 Å². The quantitative estimate of drug-likeness (QED) is 0.932. The van der Waals surface area contributed by atoms with Gasteiger partial charge in [0.05, 0.1) is 11.6 Å². The third-order valence-electron chi connectivity index (χ3n) is 3.58. The van der Waals surface area contributed by atoms with Gasteiger partial charge in [-0.2, -0.15) is 10.2 Å². The molecule has 2 aromatic rings. The number of benzene rings is 1. The largest absolute Gasteiger partial charge is 0.346 e. The second kappa shape index (κ2) is 5.75. The van der Waals surface area contributed by atoms with Gasteiger partial charge in [0.15, 0.2) is 0 Å². The van der Waals surface area contributed by atoms with Crippen LogP contribution in [0.25, 0.3) is 11.5 Å². The molecule has 1 aliphatic carbocycles. The van der Waals surface area contributed by atoms with E-state index in [9.17, 15) is 4.79 Å². The van der Waals surface area contributed by atoms with Crippen molar-refractivity contribution in [2.45, 2.75) is 31.7 Å². The topological polar surface area (TPSA) is 91.8 Å². The van der Waals surface area contributed by atoms with Crippen molar-refractivity contribution in [2.24, 2.45) is 0 Å². The lowest BCUT2D eigenvalue weighted by Gasteiger charge is -2.08. The van der Waals surface area contributed by atoms with Gasteiger partial charge < -0.3 is 9.84 Å².